The van der Waals surface area contributed by atoms with Gasteiger partial charge in [0, 0.05) is 12.1 Å². The molecule has 5 heteroatoms. The Kier molecular flexibility index (Phi) is 4.55. The quantitative estimate of drug-likeness (QED) is 0.623. The number of hydrogen-bond acceptors (Lipinski definition) is 4. The minimum Gasteiger partial charge on any atom is -0.456 e. The Bertz CT molecular complexity index is 430. The zero-order valence-electron chi connectivity index (χ0n) is 10.3. The molecule has 4 nitrogen and oxygen atoms in total. The molecule has 0 aliphatic carbocycles. The summed E-state index contributed by atoms with van der Waals surface area (Å²) in [5.74, 6) is -0.354. The first kappa shape index (κ1) is 13.3. The van der Waals surface area contributed by atoms with Gasteiger partial charge >= 0.3 is 5.97 Å². The Balaban J connectivity index is 2.08. The summed E-state index contributed by atoms with van der Waals surface area (Å²) in [6.45, 7) is 3.18. The Labute approximate surface area is 111 Å². The van der Waals surface area contributed by atoms with Gasteiger partial charge in [0.25, 0.3) is 0 Å². The SMILES string of the molecule is CCCc1cc(C(=O)OC2CCOC2)cc(Cl)n1. The Morgan fingerprint density at radius 3 is 3.11 bits per heavy atom. The monoisotopic (exact) mass is 269 g/mol. The molecule has 98 valence electrons. The van der Waals surface area contributed by atoms with Crippen LogP contribution in [0.25, 0.3) is 0 Å². The van der Waals surface area contributed by atoms with Crippen molar-refractivity contribution in [2.45, 2.75) is 32.3 Å². The molecule has 2 rings (SSSR count). The maximum atomic E-state index is 11.9. The summed E-state index contributed by atoms with van der Waals surface area (Å²) in [5, 5.41) is 0.329. The van der Waals surface area contributed by atoms with Gasteiger partial charge in [-0.25, -0.2) is 9.78 Å². The fraction of sp³-hybridized carbons (Fsp3) is 0.538. The van der Waals surface area contributed by atoms with E-state index in [1.807, 2.05) is 0 Å². The molecule has 1 aliphatic rings. The number of esters is 1. The highest BCUT2D eigenvalue weighted by atomic mass is 35.5. The number of carbonyl (C=O) groups excluding carboxylic acids is 1. The summed E-state index contributed by atoms with van der Waals surface area (Å²) < 4.78 is 10.5. The number of pyridine rings is 1. The molecule has 0 bridgehead atoms. The molecule has 1 aromatic rings. The molecule has 1 saturated heterocycles. The van der Waals surface area contributed by atoms with E-state index in [4.69, 9.17) is 21.1 Å². The van der Waals surface area contributed by atoms with Crippen LogP contribution in [0, 0.1) is 0 Å². The molecular weight excluding hydrogens is 254 g/mol. The second-order valence-electron chi connectivity index (χ2n) is 4.31. The maximum Gasteiger partial charge on any atom is 0.338 e. The van der Waals surface area contributed by atoms with Gasteiger partial charge in [0.05, 0.1) is 18.8 Å². The van der Waals surface area contributed by atoms with Crippen molar-refractivity contribution in [3.05, 3.63) is 28.5 Å². The van der Waals surface area contributed by atoms with E-state index in [0.717, 1.165) is 25.0 Å². The number of rotatable bonds is 4. The largest absolute Gasteiger partial charge is 0.456 e. The third-order valence-electron chi connectivity index (χ3n) is 2.75. The van der Waals surface area contributed by atoms with Gasteiger partial charge in [-0.3, -0.25) is 0 Å². The van der Waals surface area contributed by atoms with E-state index in [1.54, 1.807) is 12.1 Å². The minimum absolute atomic E-state index is 0.140. The van der Waals surface area contributed by atoms with Crippen LogP contribution in [-0.2, 0) is 15.9 Å². The van der Waals surface area contributed by atoms with Gasteiger partial charge in [-0.05, 0) is 18.6 Å². The lowest BCUT2D eigenvalue weighted by molar-refractivity contribution is 0.0270. The summed E-state index contributed by atoms with van der Waals surface area (Å²) in [7, 11) is 0. The number of ether oxygens (including phenoxy) is 2. The number of hydrogen-bond donors (Lipinski definition) is 0. The molecule has 1 aliphatic heterocycles. The molecule has 1 fully saturated rings. The van der Waals surface area contributed by atoms with Crippen molar-refractivity contribution in [2.24, 2.45) is 0 Å². The van der Waals surface area contributed by atoms with Gasteiger partial charge in [-0.1, -0.05) is 24.9 Å². The van der Waals surface area contributed by atoms with Crippen molar-refractivity contribution in [1.29, 1.82) is 0 Å². The lowest BCUT2D eigenvalue weighted by atomic mass is 10.1. The minimum atomic E-state index is -0.354. The average molecular weight is 270 g/mol. The van der Waals surface area contributed by atoms with Crippen LogP contribution in [0.4, 0.5) is 0 Å². The molecule has 0 amide bonds. The highest BCUT2D eigenvalue weighted by Gasteiger charge is 2.21. The third kappa shape index (κ3) is 3.43. The number of carbonyl (C=O) groups is 1. The van der Waals surface area contributed by atoms with E-state index in [2.05, 4.69) is 11.9 Å². The first-order valence-corrected chi connectivity index (χ1v) is 6.52. The van der Waals surface area contributed by atoms with E-state index in [0.29, 0.717) is 23.9 Å². The summed E-state index contributed by atoms with van der Waals surface area (Å²) >= 11 is 5.90. The predicted molar refractivity (Wildman–Crippen MR) is 67.9 cm³/mol. The van der Waals surface area contributed by atoms with E-state index in [9.17, 15) is 4.79 Å². The van der Waals surface area contributed by atoms with Gasteiger partial charge in [-0.15, -0.1) is 0 Å². The molecule has 0 N–H and O–H groups in total. The van der Waals surface area contributed by atoms with Crippen molar-refractivity contribution < 1.29 is 14.3 Å². The first-order chi connectivity index (χ1) is 8.69. The van der Waals surface area contributed by atoms with E-state index in [1.165, 1.54) is 0 Å². The molecular formula is C13H16ClNO3. The normalized spacial score (nSPS) is 18.9. The number of halogens is 1. The summed E-state index contributed by atoms with van der Waals surface area (Å²) in [6, 6.07) is 3.28. The molecule has 1 unspecified atom stereocenters. The molecule has 0 radical (unpaired) electrons. The Morgan fingerprint density at radius 1 is 1.61 bits per heavy atom. The van der Waals surface area contributed by atoms with Crippen LogP contribution >= 0.6 is 11.6 Å². The van der Waals surface area contributed by atoms with Crippen molar-refractivity contribution in [1.82, 2.24) is 4.98 Å². The van der Waals surface area contributed by atoms with Crippen molar-refractivity contribution in [3.63, 3.8) is 0 Å². The Morgan fingerprint density at radius 2 is 2.44 bits per heavy atom. The lowest BCUT2D eigenvalue weighted by Crippen LogP contribution is -2.18. The van der Waals surface area contributed by atoms with Gasteiger partial charge in [-0.2, -0.15) is 0 Å². The smallest absolute Gasteiger partial charge is 0.338 e. The van der Waals surface area contributed by atoms with Crippen LogP contribution < -0.4 is 0 Å². The van der Waals surface area contributed by atoms with Crippen LogP contribution in [0.5, 0.6) is 0 Å². The topological polar surface area (TPSA) is 48.4 Å². The van der Waals surface area contributed by atoms with Gasteiger partial charge < -0.3 is 9.47 Å². The number of nitrogens with zero attached hydrogens (tertiary/aromatic N) is 1. The van der Waals surface area contributed by atoms with Crippen LogP contribution in [0.1, 0.15) is 35.8 Å². The highest BCUT2D eigenvalue weighted by molar-refractivity contribution is 6.29. The van der Waals surface area contributed by atoms with E-state index < -0.39 is 0 Å². The molecule has 0 spiro atoms. The van der Waals surface area contributed by atoms with Crippen molar-refractivity contribution in [2.75, 3.05) is 13.2 Å². The van der Waals surface area contributed by atoms with Crippen LogP contribution in [0.15, 0.2) is 12.1 Å². The second kappa shape index (κ2) is 6.16. The van der Waals surface area contributed by atoms with Crippen LogP contribution in [0.2, 0.25) is 5.15 Å². The summed E-state index contributed by atoms with van der Waals surface area (Å²) in [5.41, 5.74) is 1.28. The van der Waals surface area contributed by atoms with E-state index >= 15 is 0 Å². The maximum absolute atomic E-state index is 11.9. The predicted octanol–water partition coefficient (Wildman–Crippen LogP) is 2.63. The summed E-state index contributed by atoms with van der Waals surface area (Å²) in [6.07, 6.45) is 2.37. The summed E-state index contributed by atoms with van der Waals surface area (Å²) in [4.78, 5) is 16.1. The van der Waals surface area contributed by atoms with Gasteiger partial charge in [0.2, 0.25) is 0 Å². The number of aromatic nitrogens is 1. The zero-order valence-corrected chi connectivity index (χ0v) is 11.1. The van der Waals surface area contributed by atoms with Crippen molar-refractivity contribution in [3.8, 4) is 0 Å². The molecule has 0 saturated carbocycles. The van der Waals surface area contributed by atoms with E-state index in [-0.39, 0.29) is 12.1 Å². The van der Waals surface area contributed by atoms with Crippen LogP contribution in [0.3, 0.4) is 0 Å². The Hall–Kier alpha value is -1.13. The molecule has 0 aromatic carbocycles. The fourth-order valence-corrected chi connectivity index (χ4v) is 2.10. The average Bonchev–Trinajstić information content (AvgIpc) is 2.81. The highest BCUT2D eigenvalue weighted by Crippen LogP contribution is 2.16. The second-order valence-corrected chi connectivity index (χ2v) is 4.70. The molecule has 1 atom stereocenters. The standard InChI is InChI=1S/C13H16ClNO3/c1-2-3-10-6-9(7-12(14)15-10)13(16)18-11-4-5-17-8-11/h6-7,11H,2-5,8H2,1H3. The zero-order chi connectivity index (χ0) is 13.0. The lowest BCUT2D eigenvalue weighted by Gasteiger charge is -2.10. The number of aryl methyl sites for hydroxylation is 1. The molecule has 18 heavy (non-hydrogen) atoms. The molecule has 2 heterocycles. The first-order valence-electron chi connectivity index (χ1n) is 6.14. The molecule has 1 aromatic heterocycles. The fourth-order valence-electron chi connectivity index (χ4n) is 1.88. The van der Waals surface area contributed by atoms with Gasteiger partial charge in [0.15, 0.2) is 0 Å². The van der Waals surface area contributed by atoms with Gasteiger partial charge in [0.1, 0.15) is 11.3 Å². The van der Waals surface area contributed by atoms with Crippen molar-refractivity contribution >= 4 is 17.6 Å². The third-order valence-corrected chi connectivity index (χ3v) is 2.94. The van der Waals surface area contributed by atoms with Crippen LogP contribution in [-0.4, -0.2) is 30.3 Å².